The van der Waals surface area contributed by atoms with Crippen LogP contribution in [0, 0.1) is 11.7 Å². The number of ether oxygens (including phenoxy) is 3. The molecule has 3 aromatic rings. The molecule has 4 heterocycles. The molecule has 0 radical (unpaired) electrons. The van der Waals surface area contributed by atoms with Crippen molar-refractivity contribution in [2.45, 2.75) is 29.8 Å². The van der Waals surface area contributed by atoms with E-state index in [1.807, 2.05) is 4.90 Å². The Kier molecular flexibility index (Phi) is 5.46. The summed E-state index contributed by atoms with van der Waals surface area (Å²) in [7, 11) is 4.40. The van der Waals surface area contributed by atoms with Crippen molar-refractivity contribution in [2.24, 2.45) is 5.92 Å². The van der Waals surface area contributed by atoms with Gasteiger partial charge in [0.05, 0.1) is 27.2 Å². The summed E-state index contributed by atoms with van der Waals surface area (Å²) in [4.78, 5) is 45.8. The summed E-state index contributed by atoms with van der Waals surface area (Å²) in [6, 6.07) is 13.9. The molecule has 0 bridgehead atoms. The van der Waals surface area contributed by atoms with Gasteiger partial charge in [0.25, 0.3) is 5.91 Å². The highest BCUT2D eigenvalue weighted by molar-refractivity contribution is 6.21. The van der Waals surface area contributed by atoms with E-state index in [2.05, 4.69) is 10.6 Å². The van der Waals surface area contributed by atoms with Crippen LogP contribution in [0.25, 0.3) is 0 Å². The van der Waals surface area contributed by atoms with Crippen molar-refractivity contribution in [1.29, 1.82) is 0 Å². The molecule has 2 N–H and O–H groups in total. The standard InChI is InChI=1S/C31H28FN3O6/c1-39-23-13-16(14-24(40-2)27(23)41-3)26(36)25-22-9-6-12-35(22)31(19-15-17(32)10-11-21(19)34-29(31)38)30(25)18-7-4-5-8-20(18)33-28(30)37/h4-5,7-8,10-11,13-15,22,25H,6,9,12H2,1-3H3,(H,33,37)(H,34,38)/t22-,25-,30+,31+/m1/s1. The molecule has 3 aromatic carbocycles. The van der Waals surface area contributed by atoms with Crippen LogP contribution < -0.4 is 24.8 Å². The van der Waals surface area contributed by atoms with Gasteiger partial charge in [-0.1, -0.05) is 18.2 Å². The zero-order chi connectivity index (χ0) is 28.7. The Morgan fingerprint density at radius 2 is 1.59 bits per heavy atom. The van der Waals surface area contributed by atoms with Crippen LogP contribution in [0.3, 0.4) is 0 Å². The van der Waals surface area contributed by atoms with Crippen molar-refractivity contribution < 1.29 is 33.0 Å². The SMILES string of the molecule is COc1cc(C(=O)[C@H]2[C@H]3CCCN3[C@@]3(C(=O)Nc4ccc(F)cc43)[C@]23C(=O)Nc2ccccc23)cc(OC)c1OC. The first-order valence-corrected chi connectivity index (χ1v) is 13.5. The summed E-state index contributed by atoms with van der Waals surface area (Å²) >= 11 is 0. The van der Waals surface area contributed by atoms with Gasteiger partial charge in [0.2, 0.25) is 11.7 Å². The van der Waals surface area contributed by atoms with Gasteiger partial charge >= 0.3 is 0 Å². The smallest absolute Gasteiger partial charge is 0.251 e. The molecule has 0 aliphatic carbocycles. The third-order valence-corrected chi connectivity index (χ3v) is 9.29. The van der Waals surface area contributed by atoms with Gasteiger partial charge in [0.1, 0.15) is 16.8 Å². The van der Waals surface area contributed by atoms with Gasteiger partial charge in [-0.3, -0.25) is 19.3 Å². The number of ketones is 1. The second-order valence-electron chi connectivity index (χ2n) is 10.8. The molecule has 4 atom stereocenters. The van der Waals surface area contributed by atoms with Gasteiger partial charge in [-0.15, -0.1) is 0 Å². The number of halogens is 1. The molecular formula is C31H28FN3O6. The average Bonchev–Trinajstić information content (AvgIpc) is 3.70. The molecule has 10 heteroatoms. The number of hydrogen-bond acceptors (Lipinski definition) is 7. The number of carbonyl (C=O) groups excluding carboxylic acids is 3. The highest BCUT2D eigenvalue weighted by atomic mass is 19.1. The molecule has 2 saturated heterocycles. The van der Waals surface area contributed by atoms with Crippen LogP contribution in [-0.4, -0.2) is 56.4 Å². The lowest BCUT2D eigenvalue weighted by Crippen LogP contribution is -2.62. The molecule has 7 rings (SSSR count). The summed E-state index contributed by atoms with van der Waals surface area (Å²) < 4.78 is 31.5. The van der Waals surface area contributed by atoms with E-state index in [1.165, 1.54) is 39.5 Å². The predicted molar refractivity (Wildman–Crippen MR) is 147 cm³/mol. The first-order valence-electron chi connectivity index (χ1n) is 13.5. The van der Waals surface area contributed by atoms with E-state index < -0.39 is 40.5 Å². The third-order valence-electron chi connectivity index (χ3n) is 9.29. The van der Waals surface area contributed by atoms with Crippen LogP contribution in [0.4, 0.5) is 15.8 Å². The summed E-state index contributed by atoms with van der Waals surface area (Å²) in [5.74, 6) is -1.86. The number of anilines is 2. The number of methoxy groups -OCH3 is 3. The zero-order valence-electron chi connectivity index (χ0n) is 22.7. The van der Waals surface area contributed by atoms with Crippen LogP contribution in [0.1, 0.15) is 34.3 Å². The fraction of sp³-hybridized carbons (Fsp3) is 0.323. The monoisotopic (exact) mass is 557 g/mol. The maximum Gasteiger partial charge on any atom is 0.251 e. The first-order chi connectivity index (χ1) is 19.8. The molecular weight excluding hydrogens is 529 g/mol. The van der Waals surface area contributed by atoms with Gasteiger partial charge in [0.15, 0.2) is 17.3 Å². The Labute approximate surface area is 235 Å². The van der Waals surface area contributed by atoms with Gasteiger partial charge in [-0.05, 0) is 61.3 Å². The summed E-state index contributed by atoms with van der Waals surface area (Å²) in [5.41, 5.74) is -1.22. The van der Waals surface area contributed by atoms with Crippen LogP contribution in [0.15, 0.2) is 54.6 Å². The number of amides is 2. The van der Waals surface area contributed by atoms with Crippen molar-refractivity contribution in [2.75, 3.05) is 38.5 Å². The molecule has 210 valence electrons. The number of para-hydroxylation sites is 1. The molecule has 2 amide bonds. The zero-order valence-corrected chi connectivity index (χ0v) is 22.7. The average molecular weight is 558 g/mol. The number of hydrogen-bond donors (Lipinski definition) is 2. The Morgan fingerprint density at radius 3 is 2.29 bits per heavy atom. The number of fused-ring (bicyclic) bond motifs is 7. The summed E-state index contributed by atoms with van der Waals surface area (Å²) in [5, 5.41) is 5.90. The fourth-order valence-corrected chi connectivity index (χ4v) is 7.95. The van der Waals surface area contributed by atoms with E-state index in [-0.39, 0.29) is 11.3 Å². The topological polar surface area (TPSA) is 106 Å². The predicted octanol–water partition coefficient (Wildman–Crippen LogP) is 3.87. The number of nitrogens with one attached hydrogen (secondary N) is 2. The van der Waals surface area contributed by atoms with Gasteiger partial charge in [-0.2, -0.15) is 0 Å². The number of Topliss-reactive ketones (excluding diaryl/α,β-unsaturated/α-hetero) is 1. The first kappa shape index (κ1) is 25.5. The fourth-order valence-electron chi connectivity index (χ4n) is 7.95. The largest absolute Gasteiger partial charge is 0.493 e. The summed E-state index contributed by atoms with van der Waals surface area (Å²) in [6.07, 6.45) is 1.29. The van der Waals surface area contributed by atoms with E-state index in [1.54, 1.807) is 36.4 Å². The highest BCUT2D eigenvalue weighted by Crippen LogP contribution is 2.68. The molecule has 4 aliphatic heterocycles. The minimum Gasteiger partial charge on any atom is -0.493 e. The summed E-state index contributed by atoms with van der Waals surface area (Å²) in [6.45, 7) is 0.463. The van der Waals surface area contributed by atoms with Crippen molar-refractivity contribution >= 4 is 29.0 Å². The lowest BCUT2D eigenvalue weighted by Gasteiger charge is -2.43. The molecule has 0 saturated carbocycles. The second-order valence-corrected chi connectivity index (χ2v) is 10.8. The molecule has 0 unspecified atom stereocenters. The van der Waals surface area contributed by atoms with Gasteiger partial charge in [-0.25, -0.2) is 4.39 Å². The molecule has 4 aliphatic rings. The molecule has 0 aromatic heterocycles. The van der Waals surface area contributed by atoms with Gasteiger partial charge in [0, 0.05) is 28.5 Å². The molecule has 2 spiro atoms. The second kappa shape index (κ2) is 8.78. The van der Waals surface area contributed by atoms with Crippen LogP contribution in [0.2, 0.25) is 0 Å². The van der Waals surface area contributed by atoms with E-state index in [4.69, 9.17) is 14.2 Å². The van der Waals surface area contributed by atoms with Crippen molar-refractivity contribution in [1.82, 2.24) is 4.90 Å². The van der Waals surface area contributed by atoms with Crippen LogP contribution >= 0.6 is 0 Å². The van der Waals surface area contributed by atoms with Crippen molar-refractivity contribution in [3.8, 4) is 17.2 Å². The minimum absolute atomic E-state index is 0.253. The van der Waals surface area contributed by atoms with E-state index >= 15 is 0 Å². The van der Waals surface area contributed by atoms with Crippen LogP contribution in [0.5, 0.6) is 17.2 Å². The number of rotatable bonds is 5. The Hall–Kier alpha value is -4.44. The van der Waals surface area contributed by atoms with Crippen molar-refractivity contribution in [3.63, 3.8) is 0 Å². The molecule has 41 heavy (non-hydrogen) atoms. The quantitative estimate of drug-likeness (QED) is 0.459. The minimum atomic E-state index is -1.69. The lowest BCUT2D eigenvalue weighted by atomic mass is 9.57. The van der Waals surface area contributed by atoms with Gasteiger partial charge < -0.3 is 24.8 Å². The van der Waals surface area contributed by atoms with E-state index in [9.17, 15) is 18.8 Å². The Balaban J connectivity index is 1.55. The maximum atomic E-state index is 14.9. The lowest BCUT2D eigenvalue weighted by molar-refractivity contribution is -0.137. The number of nitrogens with zero attached hydrogens (tertiary/aromatic N) is 1. The third kappa shape index (κ3) is 2.95. The molecule has 2 fully saturated rings. The maximum absolute atomic E-state index is 14.9. The normalized spacial score (nSPS) is 27.4. The van der Waals surface area contributed by atoms with Crippen LogP contribution in [-0.2, 0) is 20.5 Å². The molecule has 9 nitrogen and oxygen atoms in total. The number of carbonyl (C=O) groups is 3. The van der Waals surface area contributed by atoms with E-state index in [0.717, 1.165) is 0 Å². The highest BCUT2D eigenvalue weighted by Gasteiger charge is 2.81. The van der Waals surface area contributed by atoms with Crippen molar-refractivity contribution in [3.05, 3.63) is 77.1 Å². The number of benzene rings is 3. The van der Waals surface area contributed by atoms with E-state index in [0.29, 0.717) is 59.1 Å². The Morgan fingerprint density at radius 1 is 0.902 bits per heavy atom. The Bertz CT molecular complexity index is 1630.